The molecule has 0 saturated heterocycles. The summed E-state index contributed by atoms with van der Waals surface area (Å²) in [4.78, 5) is 0. The van der Waals surface area contributed by atoms with E-state index in [-0.39, 0.29) is 13.2 Å². The molecule has 0 spiro atoms. The third-order valence-corrected chi connectivity index (χ3v) is 9.67. The van der Waals surface area contributed by atoms with Crippen molar-refractivity contribution in [3.8, 4) is 0 Å². The highest BCUT2D eigenvalue weighted by Gasteiger charge is 1.99. The van der Waals surface area contributed by atoms with Crippen molar-refractivity contribution in [3.05, 3.63) is 0 Å². The molecular formula is C48H98O13. The average Bonchev–Trinajstić information content (AvgIpc) is 3.27. The van der Waals surface area contributed by atoms with E-state index in [0.717, 1.165) is 299 Å². The molecule has 2 N–H and O–H groups in total. The molecule has 0 atom stereocenters. The van der Waals surface area contributed by atoms with Gasteiger partial charge in [0.15, 0.2) is 0 Å². The summed E-state index contributed by atoms with van der Waals surface area (Å²) >= 11 is 0. The Bertz CT molecular complexity index is 682. The minimum atomic E-state index is 0.249. The second kappa shape index (κ2) is 59.5. The Labute approximate surface area is 374 Å². The molecule has 0 aromatic heterocycles. The normalized spacial score (nSPS) is 11.7. The first-order valence-electron chi connectivity index (χ1n) is 25.0. The Morgan fingerprint density at radius 3 is 0.295 bits per heavy atom. The SMILES string of the molecule is OCCCCOCCCCOCCCCOCCCCOCCCCOCCCCOCCCCOCCCCOCCCCOCCCCOCCCCOCCCCO. The van der Waals surface area contributed by atoms with Crippen LogP contribution in [-0.4, -0.2) is 169 Å². The molecule has 0 aliphatic heterocycles. The van der Waals surface area contributed by atoms with Gasteiger partial charge in [-0.3, -0.25) is 0 Å². The van der Waals surface area contributed by atoms with Crippen LogP contribution >= 0.6 is 0 Å². The number of aliphatic hydroxyl groups excluding tert-OH is 2. The van der Waals surface area contributed by atoms with Gasteiger partial charge in [0, 0.05) is 159 Å². The van der Waals surface area contributed by atoms with Crippen LogP contribution in [0.2, 0.25) is 0 Å². The van der Waals surface area contributed by atoms with E-state index in [4.69, 9.17) is 62.3 Å². The number of aliphatic hydroxyl groups is 2. The molecule has 0 fully saturated rings. The Balaban J connectivity index is 3.06. The van der Waals surface area contributed by atoms with Crippen LogP contribution in [0.25, 0.3) is 0 Å². The quantitative estimate of drug-likeness (QED) is 0.0565. The van der Waals surface area contributed by atoms with Gasteiger partial charge in [0.25, 0.3) is 0 Å². The zero-order chi connectivity index (χ0) is 43.7. The van der Waals surface area contributed by atoms with Crippen molar-refractivity contribution in [1.82, 2.24) is 0 Å². The lowest BCUT2D eigenvalue weighted by atomic mass is 10.3. The van der Waals surface area contributed by atoms with Gasteiger partial charge < -0.3 is 62.3 Å². The summed E-state index contributed by atoms with van der Waals surface area (Å²) in [5, 5.41) is 17.5. The van der Waals surface area contributed by atoms with Crippen molar-refractivity contribution >= 4 is 0 Å². The first-order chi connectivity index (χ1) is 30.4. The third kappa shape index (κ3) is 59.5. The van der Waals surface area contributed by atoms with Crippen LogP contribution in [0, 0.1) is 0 Å². The Morgan fingerprint density at radius 1 is 0.131 bits per heavy atom. The number of rotatable bonds is 58. The molecule has 13 heteroatoms. The van der Waals surface area contributed by atoms with Gasteiger partial charge in [-0.2, -0.15) is 0 Å². The van der Waals surface area contributed by atoms with Crippen LogP contribution in [0.1, 0.15) is 154 Å². The predicted molar refractivity (Wildman–Crippen MR) is 244 cm³/mol. The Kier molecular flexibility index (Phi) is 59.0. The van der Waals surface area contributed by atoms with Gasteiger partial charge in [-0.05, 0) is 154 Å². The molecule has 0 bridgehead atoms. The fourth-order valence-electron chi connectivity index (χ4n) is 5.84. The summed E-state index contributed by atoms with van der Waals surface area (Å²) < 4.78 is 62.7. The van der Waals surface area contributed by atoms with Crippen molar-refractivity contribution in [3.63, 3.8) is 0 Å². The smallest absolute Gasteiger partial charge is 0.0466 e. The number of unbranched alkanes of at least 4 members (excludes halogenated alkanes) is 12. The number of hydrogen-bond donors (Lipinski definition) is 2. The minimum Gasteiger partial charge on any atom is -0.396 e. The molecule has 0 saturated carbocycles. The second-order valence-electron chi connectivity index (χ2n) is 15.7. The number of ether oxygens (including phenoxy) is 11. The zero-order valence-corrected chi connectivity index (χ0v) is 39.3. The van der Waals surface area contributed by atoms with E-state index in [9.17, 15) is 0 Å². The van der Waals surface area contributed by atoms with Crippen LogP contribution in [-0.2, 0) is 52.1 Å². The average molecular weight is 883 g/mol. The highest BCUT2D eigenvalue weighted by molar-refractivity contribution is 4.48. The van der Waals surface area contributed by atoms with E-state index in [1.165, 1.54) is 0 Å². The standard InChI is InChI=1S/C48H98O13/c49-25-1-3-27-51-29-5-7-31-53-33-9-11-35-55-37-13-15-39-57-41-17-19-43-59-45-21-23-47-61-48-24-22-46-60-44-20-18-42-58-40-16-14-38-56-36-12-10-34-54-32-8-6-30-52-28-4-2-26-50/h49-50H,1-48H2. The summed E-state index contributed by atoms with van der Waals surface area (Å²) in [5.74, 6) is 0. The molecule has 0 radical (unpaired) electrons. The van der Waals surface area contributed by atoms with E-state index < -0.39 is 0 Å². The molecule has 0 aromatic carbocycles. The summed E-state index contributed by atoms with van der Waals surface area (Å²) in [6.45, 7) is 18.0. The highest BCUT2D eigenvalue weighted by Crippen LogP contribution is 2.03. The lowest BCUT2D eigenvalue weighted by molar-refractivity contribution is 0.0766. The lowest BCUT2D eigenvalue weighted by Crippen LogP contribution is -2.05. The largest absolute Gasteiger partial charge is 0.396 e. The molecule has 368 valence electrons. The topological polar surface area (TPSA) is 142 Å². The van der Waals surface area contributed by atoms with Crippen LogP contribution in [0.5, 0.6) is 0 Å². The molecule has 0 unspecified atom stereocenters. The molecule has 0 aromatic rings. The third-order valence-electron chi connectivity index (χ3n) is 9.67. The summed E-state index contributed by atoms with van der Waals surface area (Å²) in [5.41, 5.74) is 0. The molecule has 0 amide bonds. The first-order valence-corrected chi connectivity index (χ1v) is 25.0. The predicted octanol–water partition coefficient (Wildman–Crippen LogP) is 8.52. The molecule has 0 aliphatic rings. The molecule has 0 aliphatic carbocycles. The van der Waals surface area contributed by atoms with Gasteiger partial charge in [0.05, 0.1) is 0 Å². The monoisotopic (exact) mass is 883 g/mol. The highest BCUT2D eigenvalue weighted by atomic mass is 16.5. The van der Waals surface area contributed by atoms with Crippen molar-refractivity contribution in [2.24, 2.45) is 0 Å². The summed E-state index contributed by atoms with van der Waals surface area (Å²) in [6.07, 6.45) is 24.3. The lowest BCUT2D eigenvalue weighted by Gasteiger charge is -2.08. The van der Waals surface area contributed by atoms with Crippen LogP contribution in [0.3, 0.4) is 0 Å². The fraction of sp³-hybridized carbons (Fsp3) is 1.00. The van der Waals surface area contributed by atoms with Crippen molar-refractivity contribution in [2.75, 3.05) is 159 Å². The summed E-state index contributed by atoms with van der Waals surface area (Å²) in [6, 6.07) is 0. The van der Waals surface area contributed by atoms with Crippen LogP contribution in [0.15, 0.2) is 0 Å². The van der Waals surface area contributed by atoms with Gasteiger partial charge in [-0.1, -0.05) is 0 Å². The van der Waals surface area contributed by atoms with E-state index in [0.29, 0.717) is 0 Å². The molecular weight excluding hydrogens is 785 g/mol. The maximum atomic E-state index is 8.73. The second-order valence-corrected chi connectivity index (χ2v) is 15.7. The van der Waals surface area contributed by atoms with Crippen LogP contribution in [0.4, 0.5) is 0 Å². The van der Waals surface area contributed by atoms with E-state index >= 15 is 0 Å². The van der Waals surface area contributed by atoms with Gasteiger partial charge in [-0.25, -0.2) is 0 Å². The van der Waals surface area contributed by atoms with Gasteiger partial charge in [0.1, 0.15) is 0 Å². The Morgan fingerprint density at radius 2 is 0.213 bits per heavy atom. The molecule has 61 heavy (non-hydrogen) atoms. The van der Waals surface area contributed by atoms with Crippen molar-refractivity contribution in [2.45, 2.75) is 154 Å². The fourth-order valence-corrected chi connectivity index (χ4v) is 5.84. The van der Waals surface area contributed by atoms with E-state index in [1.54, 1.807) is 0 Å². The Hall–Kier alpha value is -0.520. The van der Waals surface area contributed by atoms with Crippen LogP contribution < -0.4 is 0 Å². The minimum absolute atomic E-state index is 0.249. The van der Waals surface area contributed by atoms with Gasteiger partial charge in [0.2, 0.25) is 0 Å². The zero-order valence-electron chi connectivity index (χ0n) is 39.3. The van der Waals surface area contributed by atoms with Crippen molar-refractivity contribution < 1.29 is 62.3 Å². The maximum Gasteiger partial charge on any atom is 0.0466 e. The van der Waals surface area contributed by atoms with Gasteiger partial charge in [-0.15, -0.1) is 0 Å². The maximum absolute atomic E-state index is 8.73. The molecule has 13 nitrogen and oxygen atoms in total. The van der Waals surface area contributed by atoms with E-state index in [1.807, 2.05) is 0 Å². The summed E-state index contributed by atoms with van der Waals surface area (Å²) in [7, 11) is 0. The number of hydrogen-bond acceptors (Lipinski definition) is 13. The van der Waals surface area contributed by atoms with E-state index in [2.05, 4.69) is 0 Å². The first kappa shape index (κ1) is 60.5. The molecule has 0 rings (SSSR count). The molecule has 0 heterocycles. The van der Waals surface area contributed by atoms with Crippen molar-refractivity contribution in [1.29, 1.82) is 0 Å². The van der Waals surface area contributed by atoms with Gasteiger partial charge >= 0.3 is 0 Å².